The van der Waals surface area contributed by atoms with Gasteiger partial charge in [0.25, 0.3) is 0 Å². The maximum Gasteiger partial charge on any atom is 0.0178 e. The summed E-state index contributed by atoms with van der Waals surface area (Å²) in [6.07, 6.45) is 2.20. The second-order valence-electron chi connectivity index (χ2n) is 6.64. The molecule has 5 heteroatoms. The molecule has 0 aliphatic heterocycles. The molecule has 0 aliphatic rings. The van der Waals surface area contributed by atoms with Crippen molar-refractivity contribution in [1.29, 1.82) is 0 Å². The van der Waals surface area contributed by atoms with Crippen LogP contribution in [0.3, 0.4) is 0 Å². The van der Waals surface area contributed by atoms with Gasteiger partial charge < -0.3 is 5.73 Å². The fourth-order valence-corrected chi connectivity index (χ4v) is 3.82. The van der Waals surface area contributed by atoms with Crippen molar-refractivity contribution >= 4 is 15.9 Å². The van der Waals surface area contributed by atoms with E-state index in [1.807, 2.05) is 24.3 Å². The van der Waals surface area contributed by atoms with Crippen LogP contribution in [0.5, 0.6) is 0 Å². The summed E-state index contributed by atoms with van der Waals surface area (Å²) < 4.78 is 6.85. The number of aromatic nitrogens is 2. The predicted octanol–water partition coefficient (Wildman–Crippen LogP) is 5.53. The summed E-state index contributed by atoms with van der Waals surface area (Å²) >= 11 is 5.72. The van der Waals surface area contributed by atoms with Crippen LogP contribution in [0.15, 0.2) is 95.6 Å². The van der Waals surface area contributed by atoms with Crippen LogP contribution in [0.4, 0.5) is 0 Å². The van der Waals surface area contributed by atoms with Gasteiger partial charge in [-0.2, -0.15) is 0 Å². The van der Waals surface area contributed by atoms with Gasteiger partial charge in [-0.05, 0) is 17.7 Å². The molecule has 1 aromatic heterocycles. The van der Waals surface area contributed by atoms with Crippen LogP contribution in [0.1, 0.15) is 11.1 Å². The van der Waals surface area contributed by atoms with Crippen molar-refractivity contribution in [3.63, 3.8) is 0 Å². The van der Waals surface area contributed by atoms with Crippen molar-refractivity contribution in [3.8, 4) is 11.3 Å². The maximum atomic E-state index is 5.38. The number of hydrogen-bond donors (Lipinski definition) is 1. The Kier molecular flexibility index (Phi) is 7.99. The third-order valence-corrected chi connectivity index (χ3v) is 6.43. The number of hydrogen-bond acceptors (Lipinski definition) is 1. The Hall–Kier alpha value is -2.00. The molecule has 3 aromatic carbocycles. The third-order valence-electron chi connectivity index (χ3n) is 4.48. The molecule has 4 aromatic rings. The summed E-state index contributed by atoms with van der Waals surface area (Å²) in [5.74, 6) is 0. The van der Waals surface area contributed by atoms with Crippen molar-refractivity contribution in [3.05, 3.63) is 111 Å². The summed E-state index contributed by atoms with van der Waals surface area (Å²) in [4.78, 5) is 0. The Morgan fingerprint density at radius 3 is 2.00 bits per heavy atom. The van der Waals surface area contributed by atoms with Gasteiger partial charge in [0.1, 0.15) is 0 Å². The van der Waals surface area contributed by atoms with Gasteiger partial charge in [0, 0.05) is 11.0 Å². The van der Waals surface area contributed by atoms with Crippen LogP contribution in [-0.2, 0) is 39.5 Å². The molecule has 0 saturated carbocycles. The third kappa shape index (κ3) is 5.99. The van der Waals surface area contributed by atoms with Gasteiger partial charge in [0.05, 0.1) is 0 Å². The van der Waals surface area contributed by atoms with Gasteiger partial charge in [0.2, 0.25) is 0 Å². The summed E-state index contributed by atoms with van der Waals surface area (Å²) in [6.45, 7) is 1.51. The van der Waals surface area contributed by atoms with Crippen LogP contribution in [-0.4, -0.2) is 9.13 Å². The first-order chi connectivity index (χ1) is 14.1. The molecule has 152 valence electrons. The van der Waals surface area contributed by atoms with Gasteiger partial charge in [0.15, 0.2) is 0 Å². The summed E-state index contributed by atoms with van der Waals surface area (Å²) in [6, 6.07) is 29.1. The quantitative estimate of drug-likeness (QED) is 0.317. The Labute approximate surface area is 191 Å². The van der Waals surface area contributed by atoms with Gasteiger partial charge in [-0.15, -0.1) is 0 Å². The van der Waals surface area contributed by atoms with E-state index >= 15 is 0 Å². The minimum absolute atomic E-state index is 0.618. The minimum atomic E-state index is 0.618. The van der Waals surface area contributed by atoms with Crippen LogP contribution in [0, 0.1) is 3.80 Å². The summed E-state index contributed by atoms with van der Waals surface area (Å²) in [5.41, 5.74) is 10.4. The van der Waals surface area contributed by atoms with Gasteiger partial charge >= 0.3 is 130 Å². The molecule has 0 unspecified atom stereocenters. The van der Waals surface area contributed by atoms with E-state index < -0.39 is 0 Å². The van der Waals surface area contributed by atoms with Gasteiger partial charge in [-0.1, -0.05) is 28.1 Å². The normalized spacial score (nSPS) is 10.4. The topological polar surface area (TPSA) is 35.9 Å². The molecule has 0 amide bonds. The zero-order chi connectivity index (χ0) is 20.6. The largest absolute Gasteiger partial charge is 0.326 e. The Bertz CT molecular complexity index is 1080. The van der Waals surface area contributed by atoms with Crippen LogP contribution in [0.2, 0.25) is 0 Å². The Balaban J connectivity index is 0.000000224. The zero-order valence-electron chi connectivity index (χ0n) is 16.2. The average Bonchev–Trinajstić information content (AvgIpc) is 3.05. The van der Waals surface area contributed by atoms with Crippen LogP contribution >= 0.6 is 15.9 Å². The first-order valence-corrected chi connectivity index (χ1v) is 11.3. The van der Waals surface area contributed by atoms with E-state index in [0.29, 0.717) is 6.54 Å². The molecule has 0 spiro atoms. The van der Waals surface area contributed by atoms with Gasteiger partial charge in [-0.25, -0.2) is 0 Å². The molecular weight excluding hydrogens is 605 g/mol. The number of nitrogens with two attached hydrogens (primary N) is 1. The van der Waals surface area contributed by atoms with Crippen molar-refractivity contribution in [2.24, 2.45) is 12.8 Å². The van der Waals surface area contributed by atoms with E-state index in [1.54, 1.807) is 0 Å². The molecule has 0 saturated heterocycles. The average molecular weight is 629 g/mol. The molecule has 4 rings (SSSR count). The van der Waals surface area contributed by atoms with Crippen molar-refractivity contribution in [1.82, 2.24) is 9.13 Å². The molecule has 1 heterocycles. The molecule has 29 heavy (non-hydrogen) atoms. The zero-order valence-corrected chi connectivity index (χ0v) is 20.1. The Morgan fingerprint density at radius 1 is 0.828 bits per heavy atom. The number of rotatable bonds is 4. The number of imidazole rings is 1. The van der Waals surface area contributed by atoms with E-state index in [2.05, 4.69) is 118 Å². The Morgan fingerprint density at radius 2 is 1.41 bits per heavy atom. The molecule has 0 atom stereocenters. The number of halogens is 1. The van der Waals surface area contributed by atoms with E-state index in [1.165, 1.54) is 26.2 Å². The molecule has 2 N–H and O–H groups in total. The first kappa shape index (κ1) is 21.7. The van der Waals surface area contributed by atoms with E-state index in [4.69, 9.17) is 5.73 Å². The fraction of sp³-hybridized carbons (Fsp3) is 0.125. The number of nitrogens with zero attached hydrogens (tertiary/aromatic N) is 2. The van der Waals surface area contributed by atoms with E-state index in [0.717, 1.165) is 11.0 Å². The first-order valence-electron chi connectivity index (χ1n) is 9.34. The standard InChI is InChI=1S/C17H16N2.C7H8BrN.Pt/c1-18-13-17(16-10-6-3-7-11-16)19(14-18)12-15-8-4-2-5-9-15;8-7-3-1-6(5-9)2-4-7;/h2-11,13H,12H2,1H3;1-4H,5,9H2;. The smallest absolute Gasteiger partial charge is 0.0178 e. The second-order valence-corrected chi connectivity index (χ2v) is 8.57. The molecule has 0 radical (unpaired) electrons. The van der Waals surface area contributed by atoms with Crippen molar-refractivity contribution in [2.75, 3.05) is 0 Å². The summed E-state index contributed by atoms with van der Waals surface area (Å²) in [7, 11) is 2.09. The fourth-order valence-electron chi connectivity index (χ4n) is 2.96. The molecule has 0 bridgehead atoms. The number of benzene rings is 3. The van der Waals surface area contributed by atoms with Crippen LogP contribution in [0.25, 0.3) is 11.3 Å². The minimum Gasteiger partial charge on any atom is -0.326 e. The second kappa shape index (κ2) is 10.7. The maximum absolute atomic E-state index is 5.38. The SMILES string of the molecule is Cn1cc(-c2ccccc2)n(Cc2ccccc2)[c]1=[Pt].NCc1ccc(Br)cc1. The number of aryl methyl sites for hydroxylation is 1. The van der Waals surface area contributed by atoms with E-state index in [9.17, 15) is 0 Å². The van der Waals surface area contributed by atoms with Crippen molar-refractivity contribution < 1.29 is 19.4 Å². The monoisotopic (exact) mass is 628 g/mol. The molecule has 0 aliphatic carbocycles. The molecular formula is C24H24BrN3Pt. The predicted molar refractivity (Wildman–Crippen MR) is 120 cm³/mol. The van der Waals surface area contributed by atoms with Crippen LogP contribution < -0.4 is 5.73 Å². The summed E-state index contributed by atoms with van der Waals surface area (Å²) in [5, 5.41) is 0. The van der Waals surface area contributed by atoms with Crippen molar-refractivity contribution in [2.45, 2.75) is 13.1 Å². The molecule has 3 nitrogen and oxygen atoms in total. The molecule has 0 fully saturated rings. The van der Waals surface area contributed by atoms with E-state index in [-0.39, 0.29) is 0 Å². The van der Waals surface area contributed by atoms with Gasteiger partial charge in [-0.3, -0.25) is 0 Å².